The summed E-state index contributed by atoms with van der Waals surface area (Å²) >= 11 is 0. The van der Waals surface area contributed by atoms with Gasteiger partial charge < -0.3 is 14.0 Å². The van der Waals surface area contributed by atoms with Gasteiger partial charge in [-0.05, 0) is 95.8 Å². The van der Waals surface area contributed by atoms with Crippen molar-refractivity contribution in [1.82, 2.24) is 14.5 Å². The summed E-state index contributed by atoms with van der Waals surface area (Å²) in [5.74, 6) is 1.51. The number of pyridine rings is 2. The van der Waals surface area contributed by atoms with Crippen LogP contribution in [0.25, 0.3) is 10.9 Å². The molecule has 3 heterocycles. The number of nitrogens with zero attached hydrogens (tertiary/aromatic N) is 3. The third-order valence-electron chi connectivity index (χ3n) is 7.62. The fourth-order valence-corrected chi connectivity index (χ4v) is 5.75. The minimum Gasteiger partial charge on any atom is -0.493 e. The van der Waals surface area contributed by atoms with Crippen LogP contribution >= 0.6 is 0 Å². The lowest BCUT2D eigenvalue weighted by atomic mass is 9.98. The predicted octanol–water partition coefficient (Wildman–Crippen LogP) is 4.51. The molecule has 0 unspecified atom stereocenters. The van der Waals surface area contributed by atoms with E-state index >= 15 is 0 Å². The number of aromatic nitrogens is 2. The highest BCUT2D eigenvalue weighted by Crippen LogP contribution is 2.34. The van der Waals surface area contributed by atoms with Crippen LogP contribution in [0.1, 0.15) is 39.9 Å². The van der Waals surface area contributed by atoms with Crippen LogP contribution in [0.5, 0.6) is 11.5 Å². The van der Waals surface area contributed by atoms with Crippen LogP contribution in [0.3, 0.4) is 0 Å². The first-order valence-electron chi connectivity index (χ1n) is 12.7. The number of hydrogen-bond acceptors (Lipinski definition) is 5. The van der Waals surface area contributed by atoms with Gasteiger partial charge in [-0.25, -0.2) is 0 Å². The average molecular weight is 482 g/mol. The van der Waals surface area contributed by atoms with Crippen LogP contribution in [-0.4, -0.2) is 35.2 Å². The van der Waals surface area contributed by atoms with E-state index in [9.17, 15) is 4.79 Å². The number of rotatable bonds is 6. The van der Waals surface area contributed by atoms with Crippen molar-refractivity contribution in [3.05, 3.63) is 98.6 Å². The topological polar surface area (TPSA) is 56.6 Å². The van der Waals surface area contributed by atoms with Crippen molar-refractivity contribution in [2.45, 2.75) is 45.3 Å². The lowest BCUT2D eigenvalue weighted by Crippen LogP contribution is -2.34. The Morgan fingerprint density at radius 2 is 1.61 bits per heavy atom. The van der Waals surface area contributed by atoms with Gasteiger partial charge in [-0.15, -0.1) is 0 Å². The second kappa shape index (κ2) is 9.43. The number of ether oxygens (including phenoxy) is 2. The third kappa shape index (κ3) is 4.16. The summed E-state index contributed by atoms with van der Waals surface area (Å²) in [6.07, 6.45) is 6.10. The Kier molecular flexibility index (Phi) is 5.97. The first-order chi connectivity index (χ1) is 17.6. The summed E-state index contributed by atoms with van der Waals surface area (Å²) in [7, 11) is 3.34. The second-order valence-corrected chi connectivity index (χ2v) is 9.85. The van der Waals surface area contributed by atoms with Crippen molar-refractivity contribution >= 4 is 10.9 Å². The van der Waals surface area contributed by atoms with E-state index in [0.717, 1.165) is 66.0 Å². The maximum Gasteiger partial charge on any atom is 0.255 e. The molecule has 0 atom stereocenters. The van der Waals surface area contributed by atoms with Gasteiger partial charge in [-0.3, -0.25) is 14.7 Å². The van der Waals surface area contributed by atoms with Gasteiger partial charge in [0.1, 0.15) is 0 Å². The molecule has 0 fully saturated rings. The van der Waals surface area contributed by atoms with E-state index in [-0.39, 0.29) is 5.56 Å². The lowest BCUT2D eigenvalue weighted by Gasteiger charge is -2.29. The summed E-state index contributed by atoms with van der Waals surface area (Å²) < 4.78 is 12.9. The van der Waals surface area contributed by atoms with Crippen LogP contribution in [0.15, 0.2) is 59.5 Å². The number of aryl methyl sites for hydroxylation is 2. The van der Waals surface area contributed by atoms with Gasteiger partial charge in [0.25, 0.3) is 5.56 Å². The number of methoxy groups -OCH3 is 2. The quantitative estimate of drug-likeness (QED) is 0.406. The first-order valence-corrected chi connectivity index (χ1v) is 12.7. The van der Waals surface area contributed by atoms with Crippen molar-refractivity contribution in [3.63, 3.8) is 0 Å². The van der Waals surface area contributed by atoms with Gasteiger partial charge in [-0.1, -0.05) is 6.07 Å². The Morgan fingerprint density at radius 1 is 0.861 bits per heavy atom. The molecule has 0 saturated carbocycles. The molecule has 6 heteroatoms. The molecule has 1 aliphatic heterocycles. The molecule has 36 heavy (non-hydrogen) atoms. The summed E-state index contributed by atoms with van der Waals surface area (Å²) in [5.41, 5.74) is 8.12. The molecule has 0 N–H and O–H groups in total. The average Bonchev–Trinajstić information content (AvgIpc) is 3.37. The Bertz CT molecular complexity index is 1490. The molecule has 0 amide bonds. The summed E-state index contributed by atoms with van der Waals surface area (Å²) in [4.78, 5) is 20.7. The third-order valence-corrected chi connectivity index (χ3v) is 7.62. The Hall–Kier alpha value is -3.64. The molecule has 0 bridgehead atoms. The normalized spacial score (nSPS) is 15.1. The summed E-state index contributed by atoms with van der Waals surface area (Å²) in [6.45, 7) is 2.76. The van der Waals surface area contributed by atoms with Crippen LogP contribution in [0.4, 0.5) is 0 Å². The van der Waals surface area contributed by atoms with Crippen molar-refractivity contribution in [2.75, 3.05) is 20.8 Å². The maximum absolute atomic E-state index is 13.9. The zero-order valence-electron chi connectivity index (χ0n) is 20.9. The lowest BCUT2D eigenvalue weighted by molar-refractivity contribution is 0.243. The monoisotopic (exact) mass is 481 g/mol. The molecule has 6 rings (SSSR count). The molecule has 0 spiro atoms. The Balaban J connectivity index is 1.37. The van der Waals surface area contributed by atoms with Crippen LogP contribution in [0.2, 0.25) is 0 Å². The van der Waals surface area contributed by atoms with E-state index in [1.807, 2.05) is 22.8 Å². The highest BCUT2D eigenvalue weighted by atomic mass is 16.5. The largest absolute Gasteiger partial charge is 0.493 e. The molecular formula is C30H31N3O3. The molecule has 184 valence electrons. The molecule has 1 aliphatic carbocycles. The first kappa shape index (κ1) is 22.8. The summed E-state index contributed by atoms with van der Waals surface area (Å²) in [6, 6.07) is 16.7. The molecule has 4 aromatic rings. The number of hydrogen-bond donors (Lipinski definition) is 0. The highest BCUT2D eigenvalue weighted by molar-refractivity contribution is 5.82. The fourth-order valence-electron chi connectivity index (χ4n) is 5.75. The minimum atomic E-state index is 0.0733. The fraction of sp³-hybridized carbons (Fsp3) is 0.333. The molecule has 0 radical (unpaired) electrons. The van der Waals surface area contributed by atoms with E-state index < -0.39 is 0 Å². The smallest absolute Gasteiger partial charge is 0.255 e. The molecule has 2 aliphatic rings. The minimum absolute atomic E-state index is 0.0733. The van der Waals surface area contributed by atoms with Gasteiger partial charge in [0.05, 0.1) is 32.0 Å². The van der Waals surface area contributed by atoms with Crippen molar-refractivity contribution in [1.29, 1.82) is 0 Å². The molecular weight excluding hydrogens is 450 g/mol. The maximum atomic E-state index is 13.9. The SMILES string of the molecule is COc1cc2c(cc1OC)CN(Cc1cc3cc4c(cc3n(Cc3ccccn3)c1=O)CCC4)CC2. The van der Waals surface area contributed by atoms with E-state index in [0.29, 0.717) is 13.1 Å². The second-order valence-electron chi connectivity index (χ2n) is 9.85. The van der Waals surface area contributed by atoms with E-state index in [4.69, 9.17) is 9.47 Å². The predicted molar refractivity (Wildman–Crippen MR) is 141 cm³/mol. The van der Waals surface area contributed by atoms with Gasteiger partial charge >= 0.3 is 0 Å². The van der Waals surface area contributed by atoms with Crippen molar-refractivity contribution in [3.8, 4) is 11.5 Å². The van der Waals surface area contributed by atoms with Crippen LogP contribution < -0.4 is 15.0 Å². The highest BCUT2D eigenvalue weighted by Gasteiger charge is 2.22. The summed E-state index contributed by atoms with van der Waals surface area (Å²) in [5, 5.41) is 1.14. The number of fused-ring (bicyclic) bond motifs is 3. The molecule has 6 nitrogen and oxygen atoms in total. The Morgan fingerprint density at radius 3 is 2.36 bits per heavy atom. The van der Waals surface area contributed by atoms with Gasteiger partial charge in [0, 0.05) is 31.4 Å². The zero-order chi connectivity index (χ0) is 24.6. The van der Waals surface area contributed by atoms with E-state index in [2.05, 4.69) is 40.2 Å². The van der Waals surface area contributed by atoms with E-state index in [1.165, 1.54) is 28.7 Å². The molecule has 0 saturated heterocycles. The van der Waals surface area contributed by atoms with Crippen molar-refractivity contribution in [2.24, 2.45) is 0 Å². The van der Waals surface area contributed by atoms with Gasteiger partial charge in [0.15, 0.2) is 11.5 Å². The van der Waals surface area contributed by atoms with Crippen molar-refractivity contribution < 1.29 is 9.47 Å². The molecule has 2 aromatic heterocycles. The number of benzene rings is 2. The standard InChI is InChI=1S/C30H31N3O3/c1-35-28-15-22-9-11-32(17-24(22)16-29(28)36-2)18-25-13-23-12-20-6-5-7-21(20)14-27(23)33(30(25)34)19-26-8-3-4-10-31-26/h3-4,8,10,12-16H,5-7,9,11,17-19H2,1-2H3. The van der Waals surface area contributed by atoms with Gasteiger partial charge in [0.2, 0.25) is 0 Å². The van der Waals surface area contributed by atoms with Gasteiger partial charge in [-0.2, -0.15) is 0 Å². The Labute approximate surface area is 211 Å². The molecule has 2 aromatic carbocycles. The van der Waals surface area contributed by atoms with Crippen LogP contribution in [-0.2, 0) is 38.9 Å². The van der Waals surface area contributed by atoms with Crippen LogP contribution in [0, 0.1) is 0 Å². The van der Waals surface area contributed by atoms with E-state index in [1.54, 1.807) is 20.4 Å². The zero-order valence-corrected chi connectivity index (χ0v) is 20.9.